The molecule has 1 aromatic carbocycles. The fraction of sp³-hybridized carbons (Fsp3) is 0.769. The van der Waals surface area contributed by atoms with Gasteiger partial charge in [-0.1, -0.05) is 86.8 Å². The van der Waals surface area contributed by atoms with Crippen LogP contribution < -0.4 is 4.74 Å². The molecule has 2 heteroatoms. The van der Waals surface area contributed by atoms with Crippen LogP contribution in [0.4, 0.5) is 0 Å². The van der Waals surface area contributed by atoms with Crippen LogP contribution in [0.5, 0.6) is 5.75 Å². The first kappa shape index (κ1) is 23.3. The minimum atomic E-state index is -0.165. The summed E-state index contributed by atoms with van der Waals surface area (Å²) in [4.78, 5) is 0. The summed E-state index contributed by atoms with van der Waals surface area (Å²) in [6, 6.07) is 8.79. The first-order chi connectivity index (χ1) is 13.0. The molecule has 0 bridgehead atoms. The third kappa shape index (κ3) is 7.43. The van der Waals surface area contributed by atoms with Gasteiger partial charge in [0.2, 0.25) is 6.29 Å². The molecule has 2 rings (SSSR count). The summed E-state index contributed by atoms with van der Waals surface area (Å²) in [6.45, 7) is 18.4. The van der Waals surface area contributed by atoms with Crippen molar-refractivity contribution in [2.45, 2.75) is 112 Å². The zero-order chi connectivity index (χ0) is 20.9. The van der Waals surface area contributed by atoms with Crippen molar-refractivity contribution in [3.63, 3.8) is 0 Å². The van der Waals surface area contributed by atoms with E-state index in [1.165, 1.54) is 44.1 Å². The average molecular weight is 389 g/mol. The first-order valence-corrected chi connectivity index (χ1v) is 11.4. The van der Waals surface area contributed by atoms with Crippen LogP contribution in [0.25, 0.3) is 0 Å². The molecule has 1 fully saturated rings. The van der Waals surface area contributed by atoms with Crippen molar-refractivity contribution in [2.75, 3.05) is 0 Å². The van der Waals surface area contributed by atoms with Gasteiger partial charge in [0.25, 0.3) is 0 Å². The van der Waals surface area contributed by atoms with Crippen LogP contribution in [0.3, 0.4) is 0 Å². The van der Waals surface area contributed by atoms with E-state index in [0.717, 1.165) is 5.75 Å². The molecule has 1 aliphatic carbocycles. The summed E-state index contributed by atoms with van der Waals surface area (Å²) in [5, 5.41) is 0. The third-order valence-electron chi connectivity index (χ3n) is 5.82. The second-order valence-electron chi connectivity index (χ2n) is 11.4. The Morgan fingerprint density at radius 3 is 1.93 bits per heavy atom. The monoisotopic (exact) mass is 388 g/mol. The van der Waals surface area contributed by atoms with Crippen molar-refractivity contribution in [2.24, 2.45) is 16.7 Å². The summed E-state index contributed by atoms with van der Waals surface area (Å²) in [7, 11) is 0. The Hall–Kier alpha value is -1.02. The number of hydrogen-bond acceptors (Lipinski definition) is 2. The lowest BCUT2D eigenvalue weighted by Crippen LogP contribution is -2.32. The summed E-state index contributed by atoms with van der Waals surface area (Å²) >= 11 is 0. The van der Waals surface area contributed by atoms with E-state index in [0.29, 0.717) is 23.4 Å². The lowest BCUT2D eigenvalue weighted by atomic mass is 9.69. The molecule has 2 atom stereocenters. The minimum absolute atomic E-state index is 0.165. The van der Waals surface area contributed by atoms with Gasteiger partial charge in [-0.05, 0) is 53.7 Å². The van der Waals surface area contributed by atoms with Gasteiger partial charge in [-0.25, -0.2) is 0 Å². The smallest absolute Gasteiger partial charge is 0.202 e. The molecule has 1 aromatic rings. The molecule has 0 aromatic heterocycles. The van der Waals surface area contributed by atoms with Crippen molar-refractivity contribution < 1.29 is 9.47 Å². The Kier molecular flexibility index (Phi) is 8.02. The van der Waals surface area contributed by atoms with Gasteiger partial charge in [0.15, 0.2) is 0 Å². The molecule has 0 radical (unpaired) electrons. The van der Waals surface area contributed by atoms with Gasteiger partial charge in [-0.3, -0.25) is 0 Å². The lowest BCUT2D eigenvalue weighted by molar-refractivity contribution is -0.150. The fourth-order valence-electron chi connectivity index (χ4n) is 4.16. The number of benzene rings is 1. The highest BCUT2D eigenvalue weighted by molar-refractivity contribution is 5.30. The van der Waals surface area contributed by atoms with E-state index in [1.807, 2.05) is 0 Å². The summed E-state index contributed by atoms with van der Waals surface area (Å²) in [5.74, 6) is 1.78. The molecule has 0 spiro atoms. The molecular weight excluding hydrogens is 344 g/mol. The molecule has 28 heavy (non-hydrogen) atoms. The van der Waals surface area contributed by atoms with Gasteiger partial charge in [-0.15, -0.1) is 0 Å². The van der Waals surface area contributed by atoms with Crippen molar-refractivity contribution in [3.8, 4) is 5.75 Å². The van der Waals surface area contributed by atoms with Crippen molar-refractivity contribution >= 4 is 0 Å². The van der Waals surface area contributed by atoms with E-state index >= 15 is 0 Å². The standard InChI is InChI=1S/C26H44O2/c1-19(2)24(27-21-12-10-9-11-13-21)28-22-16-14-20(15-17-22)23(26(6,7)8)18-25(3,4)5/h14-17,19,21,23-24H,9-13,18H2,1-8H3. The van der Waals surface area contributed by atoms with Gasteiger partial charge >= 0.3 is 0 Å². The summed E-state index contributed by atoms with van der Waals surface area (Å²) < 4.78 is 12.6. The Morgan fingerprint density at radius 2 is 1.46 bits per heavy atom. The molecule has 0 heterocycles. The van der Waals surface area contributed by atoms with Crippen molar-refractivity contribution in [3.05, 3.63) is 29.8 Å². The summed E-state index contributed by atoms with van der Waals surface area (Å²) in [5.41, 5.74) is 1.95. The topological polar surface area (TPSA) is 18.5 Å². The van der Waals surface area contributed by atoms with Gasteiger partial charge in [-0.2, -0.15) is 0 Å². The summed E-state index contributed by atoms with van der Waals surface area (Å²) in [6.07, 6.45) is 7.63. The second-order valence-corrected chi connectivity index (χ2v) is 11.4. The van der Waals surface area contributed by atoms with Crippen molar-refractivity contribution in [1.29, 1.82) is 0 Å². The predicted molar refractivity (Wildman–Crippen MR) is 120 cm³/mol. The largest absolute Gasteiger partial charge is 0.465 e. The molecule has 160 valence electrons. The zero-order valence-electron chi connectivity index (χ0n) is 19.7. The van der Waals surface area contributed by atoms with Gasteiger partial charge in [0.1, 0.15) is 5.75 Å². The highest BCUT2D eigenvalue weighted by Gasteiger charge is 2.30. The molecule has 2 nitrogen and oxygen atoms in total. The van der Waals surface area contributed by atoms with Crippen LogP contribution in [0.15, 0.2) is 24.3 Å². The quantitative estimate of drug-likeness (QED) is 0.441. The van der Waals surface area contributed by atoms with E-state index < -0.39 is 0 Å². The van der Waals surface area contributed by atoms with Crippen LogP contribution in [-0.2, 0) is 4.74 Å². The average Bonchev–Trinajstić information content (AvgIpc) is 2.59. The van der Waals surface area contributed by atoms with Crippen LogP contribution in [0.1, 0.15) is 105 Å². The highest BCUT2D eigenvalue weighted by atomic mass is 16.7. The molecular formula is C26H44O2. The molecule has 0 N–H and O–H groups in total. The van der Waals surface area contributed by atoms with Gasteiger partial charge < -0.3 is 9.47 Å². The SMILES string of the molecule is CC(C)C(Oc1ccc(C(CC(C)(C)C)C(C)(C)C)cc1)OC1CCCCC1. The maximum absolute atomic E-state index is 6.33. The number of hydrogen-bond donors (Lipinski definition) is 0. The third-order valence-corrected chi connectivity index (χ3v) is 5.82. The Balaban J connectivity index is 2.08. The lowest BCUT2D eigenvalue weighted by Gasteiger charge is -2.36. The Labute approximate surface area is 174 Å². The van der Waals surface area contributed by atoms with E-state index in [9.17, 15) is 0 Å². The first-order valence-electron chi connectivity index (χ1n) is 11.4. The molecule has 0 saturated heterocycles. The van der Waals surface area contributed by atoms with E-state index in [1.54, 1.807) is 0 Å². The Morgan fingerprint density at radius 1 is 0.893 bits per heavy atom. The minimum Gasteiger partial charge on any atom is -0.465 e. The van der Waals surface area contributed by atoms with E-state index in [2.05, 4.69) is 79.7 Å². The van der Waals surface area contributed by atoms with Crippen molar-refractivity contribution in [1.82, 2.24) is 0 Å². The molecule has 0 aliphatic heterocycles. The molecule has 2 unspecified atom stereocenters. The van der Waals surface area contributed by atoms with E-state index in [-0.39, 0.29) is 11.7 Å². The molecule has 1 saturated carbocycles. The predicted octanol–water partition coefficient (Wildman–Crippen LogP) is 7.96. The molecule has 0 amide bonds. The second kappa shape index (κ2) is 9.65. The maximum Gasteiger partial charge on any atom is 0.202 e. The maximum atomic E-state index is 6.33. The normalized spacial score (nSPS) is 18.9. The van der Waals surface area contributed by atoms with E-state index in [4.69, 9.17) is 9.47 Å². The van der Waals surface area contributed by atoms with Crippen LogP contribution in [-0.4, -0.2) is 12.4 Å². The Bertz CT molecular complexity index is 568. The molecule has 1 aliphatic rings. The zero-order valence-corrected chi connectivity index (χ0v) is 19.7. The van der Waals surface area contributed by atoms with Crippen LogP contribution in [0.2, 0.25) is 0 Å². The number of ether oxygens (including phenoxy) is 2. The highest BCUT2D eigenvalue weighted by Crippen LogP contribution is 2.43. The fourth-order valence-corrected chi connectivity index (χ4v) is 4.16. The van der Waals surface area contributed by atoms with Crippen LogP contribution >= 0.6 is 0 Å². The van der Waals surface area contributed by atoms with Crippen LogP contribution in [0, 0.1) is 16.7 Å². The van der Waals surface area contributed by atoms with Gasteiger partial charge in [0.05, 0.1) is 6.10 Å². The number of rotatable bonds is 7. The van der Waals surface area contributed by atoms with Gasteiger partial charge in [0, 0.05) is 5.92 Å².